The standard InChI is InChI=1S/C14H17NO3/c1-11(10-16)8-9-18-14(17)12-4-6-13(7-5-12)15(2)3/h4-8,10H,9H2,1-3H3/b11-8+. The van der Waals surface area contributed by atoms with Gasteiger partial charge in [-0.2, -0.15) is 0 Å². The van der Waals surface area contributed by atoms with E-state index in [-0.39, 0.29) is 6.61 Å². The highest BCUT2D eigenvalue weighted by Gasteiger charge is 2.06. The summed E-state index contributed by atoms with van der Waals surface area (Å²) in [4.78, 5) is 23.9. The monoisotopic (exact) mass is 247 g/mol. The summed E-state index contributed by atoms with van der Waals surface area (Å²) >= 11 is 0. The largest absolute Gasteiger partial charge is 0.458 e. The second-order valence-electron chi connectivity index (χ2n) is 4.11. The van der Waals surface area contributed by atoms with Crippen LogP contribution in [0.4, 0.5) is 5.69 Å². The third-order valence-corrected chi connectivity index (χ3v) is 2.43. The minimum absolute atomic E-state index is 0.110. The predicted octanol–water partition coefficient (Wildman–Crippen LogP) is 2.05. The van der Waals surface area contributed by atoms with E-state index in [1.807, 2.05) is 31.1 Å². The summed E-state index contributed by atoms with van der Waals surface area (Å²) in [6.45, 7) is 1.77. The van der Waals surface area contributed by atoms with Gasteiger partial charge in [0, 0.05) is 19.8 Å². The van der Waals surface area contributed by atoms with Crippen molar-refractivity contribution in [1.82, 2.24) is 0 Å². The number of carbonyl (C=O) groups is 2. The van der Waals surface area contributed by atoms with Gasteiger partial charge in [-0.1, -0.05) is 0 Å². The van der Waals surface area contributed by atoms with Crippen molar-refractivity contribution >= 4 is 17.9 Å². The smallest absolute Gasteiger partial charge is 0.338 e. The van der Waals surface area contributed by atoms with E-state index in [1.54, 1.807) is 25.1 Å². The molecule has 0 saturated heterocycles. The van der Waals surface area contributed by atoms with E-state index in [0.29, 0.717) is 11.1 Å². The summed E-state index contributed by atoms with van der Waals surface area (Å²) < 4.78 is 5.01. The van der Waals surface area contributed by atoms with Crippen molar-refractivity contribution in [2.24, 2.45) is 0 Å². The van der Waals surface area contributed by atoms with Crippen LogP contribution in [0.3, 0.4) is 0 Å². The third-order valence-electron chi connectivity index (χ3n) is 2.43. The molecule has 0 atom stereocenters. The first-order valence-corrected chi connectivity index (χ1v) is 5.61. The number of esters is 1. The van der Waals surface area contributed by atoms with Gasteiger partial charge in [0.15, 0.2) is 0 Å². The van der Waals surface area contributed by atoms with Gasteiger partial charge >= 0.3 is 5.97 Å². The van der Waals surface area contributed by atoms with Gasteiger partial charge in [0.05, 0.1) is 5.56 Å². The van der Waals surface area contributed by atoms with Gasteiger partial charge in [-0.05, 0) is 42.8 Å². The molecular weight excluding hydrogens is 230 g/mol. The zero-order chi connectivity index (χ0) is 13.5. The second kappa shape index (κ2) is 6.59. The number of hydrogen-bond donors (Lipinski definition) is 0. The Kier molecular flexibility index (Phi) is 5.11. The Morgan fingerprint density at radius 2 is 1.89 bits per heavy atom. The van der Waals surface area contributed by atoms with Gasteiger partial charge in [-0.15, -0.1) is 0 Å². The quantitative estimate of drug-likeness (QED) is 0.454. The molecule has 4 nitrogen and oxygen atoms in total. The van der Waals surface area contributed by atoms with Gasteiger partial charge in [0.2, 0.25) is 0 Å². The van der Waals surface area contributed by atoms with Crippen LogP contribution in [0.1, 0.15) is 17.3 Å². The Labute approximate surface area is 107 Å². The summed E-state index contributed by atoms with van der Waals surface area (Å²) in [5, 5.41) is 0. The molecule has 0 amide bonds. The van der Waals surface area contributed by atoms with Gasteiger partial charge in [0.1, 0.15) is 12.9 Å². The first kappa shape index (κ1) is 14.0. The van der Waals surface area contributed by atoms with Gasteiger partial charge in [-0.25, -0.2) is 4.79 Å². The summed E-state index contributed by atoms with van der Waals surface area (Å²) in [5.41, 5.74) is 2.06. The highest BCUT2D eigenvalue weighted by molar-refractivity contribution is 5.89. The van der Waals surface area contributed by atoms with Crippen molar-refractivity contribution in [2.45, 2.75) is 6.92 Å². The van der Waals surface area contributed by atoms with Gasteiger partial charge in [-0.3, -0.25) is 4.79 Å². The van der Waals surface area contributed by atoms with E-state index in [0.717, 1.165) is 12.0 Å². The lowest BCUT2D eigenvalue weighted by Crippen LogP contribution is -2.09. The van der Waals surface area contributed by atoms with Gasteiger partial charge < -0.3 is 9.64 Å². The average molecular weight is 247 g/mol. The van der Waals surface area contributed by atoms with Crippen LogP contribution in [0.15, 0.2) is 35.9 Å². The van der Waals surface area contributed by atoms with Gasteiger partial charge in [0.25, 0.3) is 0 Å². The molecule has 0 aliphatic rings. The molecule has 0 aromatic heterocycles. The predicted molar refractivity (Wildman–Crippen MR) is 70.9 cm³/mol. The number of rotatable bonds is 5. The van der Waals surface area contributed by atoms with Crippen molar-refractivity contribution in [3.63, 3.8) is 0 Å². The fourth-order valence-corrected chi connectivity index (χ4v) is 1.28. The third kappa shape index (κ3) is 4.05. The van der Waals surface area contributed by atoms with Crippen LogP contribution in [0.5, 0.6) is 0 Å². The van der Waals surface area contributed by atoms with Crippen molar-refractivity contribution in [3.8, 4) is 0 Å². The maximum atomic E-state index is 11.6. The first-order valence-electron chi connectivity index (χ1n) is 5.61. The first-order chi connectivity index (χ1) is 8.54. The van der Waals surface area contributed by atoms with Crippen LogP contribution in [0.25, 0.3) is 0 Å². The molecule has 0 spiro atoms. The lowest BCUT2D eigenvalue weighted by molar-refractivity contribution is -0.104. The lowest BCUT2D eigenvalue weighted by Gasteiger charge is -2.12. The van der Waals surface area contributed by atoms with Crippen molar-refractivity contribution in [1.29, 1.82) is 0 Å². The van der Waals surface area contributed by atoms with Crippen LogP contribution in [-0.2, 0) is 9.53 Å². The molecule has 0 radical (unpaired) electrons. The van der Waals surface area contributed by atoms with Crippen LogP contribution in [0.2, 0.25) is 0 Å². The van der Waals surface area contributed by atoms with Crippen LogP contribution in [0, 0.1) is 0 Å². The number of nitrogens with zero attached hydrogens (tertiary/aromatic N) is 1. The molecule has 0 N–H and O–H groups in total. The van der Waals surface area contributed by atoms with Crippen LogP contribution < -0.4 is 4.90 Å². The molecule has 96 valence electrons. The van der Waals surface area contributed by atoms with Crippen LogP contribution >= 0.6 is 0 Å². The Hall–Kier alpha value is -2.10. The van der Waals surface area contributed by atoms with E-state index >= 15 is 0 Å². The molecule has 0 aliphatic heterocycles. The zero-order valence-electron chi connectivity index (χ0n) is 10.8. The molecule has 1 aromatic rings. The SMILES string of the molecule is C/C(C=O)=C\COC(=O)c1ccc(N(C)C)cc1. The molecular formula is C14H17NO3. The molecule has 0 aliphatic carbocycles. The number of aldehydes is 1. The van der Waals surface area contributed by atoms with E-state index in [4.69, 9.17) is 4.74 Å². The maximum Gasteiger partial charge on any atom is 0.338 e. The van der Waals surface area contributed by atoms with Crippen molar-refractivity contribution < 1.29 is 14.3 Å². The Balaban J connectivity index is 2.59. The molecule has 1 aromatic carbocycles. The number of carbonyl (C=O) groups excluding carboxylic acids is 2. The fraction of sp³-hybridized carbons (Fsp3) is 0.286. The molecule has 0 unspecified atom stereocenters. The summed E-state index contributed by atoms with van der Waals surface area (Å²) in [6, 6.07) is 7.13. The minimum atomic E-state index is -0.393. The highest BCUT2D eigenvalue weighted by Crippen LogP contribution is 2.12. The zero-order valence-corrected chi connectivity index (χ0v) is 10.8. The molecule has 0 fully saturated rings. The van der Waals surface area contributed by atoms with E-state index in [1.165, 1.54) is 0 Å². The average Bonchev–Trinajstić information content (AvgIpc) is 2.38. The molecule has 4 heteroatoms. The molecule has 0 saturated carbocycles. The summed E-state index contributed by atoms with van der Waals surface area (Å²) in [7, 11) is 3.86. The summed E-state index contributed by atoms with van der Waals surface area (Å²) in [6.07, 6.45) is 2.29. The topological polar surface area (TPSA) is 46.6 Å². The second-order valence-corrected chi connectivity index (χ2v) is 4.11. The summed E-state index contributed by atoms with van der Waals surface area (Å²) in [5.74, 6) is -0.393. The van der Waals surface area contributed by atoms with Crippen molar-refractivity contribution in [3.05, 3.63) is 41.5 Å². The number of anilines is 1. The van der Waals surface area contributed by atoms with Crippen LogP contribution in [-0.4, -0.2) is 33.0 Å². The van der Waals surface area contributed by atoms with E-state index in [2.05, 4.69) is 0 Å². The Morgan fingerprint density at radius 1 is 1.28 bits per heavy atom. The Bertz CT molecular complexity index is 447. The number of allylic oxidation sites excluding steroid dienone is 1. The van der Waals surface area contributed by atoms with Crippen molar-refractivity contribution in [2.75, 3.05) is 25.6 Å². The minimum Gasteiger partial charge on any atom is -0.458 e. The molecule has 18 heavy (non-hydrogen) atoms. The number of ether oxygens (including phenoxy) is 1. The van der Waals surface area contributed by atoms with E-state index < -0.39 is 5.97 Å². The normalized spacial score (nSPS) is 10.9. The maximum absolute atomic E-state index is 11.6. The Morgan fingerprint density at radius 3 is 2.39 bits per heavy atom. The molecule has 0 heterocycles. The lowest BCUT2D eigenvalue weighted by atomic mass is 10.2. The highest BCUT2D eigenvalue weighted by atomic mass is 16.5. The molecule has 1 rings (SSSR count). The fourth-order valence-electron chi connectivity index (χ4n) is 1.28. The number of benzene rings is 1. The number of hydrogen-bond acceptors (Lipinski definition) is 4. The van der Waals surface area contributed by atoms with E-state index in [9.17, 15) is 9.59 Å². The molecule has 0 bridgehead atoms.